The lowest BCUT2D eigenvalue weighted by Gasteiger charge is -2.14. The Hall–Kier alpha value is -2.63. The van der Waals surface area contributed by atoms with Crippen LogP contribution in [-0.4, -0.2) is 28.7 Å². The monoisotopic (exact) mass is 286 g/mol. The van der Waals surface area contributed by atoms with Gasteiger partial charge in [-0.2, -0.15) is 0 Å². The molecule has 1 aliphatic rings. The molecule has 2 aromatic rings. The topological polar surface area (TPSA) is 92.4 Å². The van der Waals surface area contributed by atoms with Crippen LogP contribution in [0.5, 0.6) is 0 Å². The molecule has 1 heterocycles. The van der Waals surface area contributed by atoms with E-state index in [1.165, 1.54) is 5.56 Å². The van der Waals surface area contributed by atoms with Crippen molar-refractivity contribution >= 4 is 11.9 Å². The van der Waals surface area contributed by atoms with Crippen molar-refractivity contribution < 1.29 is 19.2 Å². The number of nitrogens with one attached hydrogen (secondary N) is 1. The molecule has 0 saturated heterocycles. The number of aryl methyl sites for hydroxylation is 1. The number of aliphatic carboxylic acids is 1. The molecular weight excluding hydrogens is 272 g/mol. The van der Waals surface area contributed by atoms with Crippen LogP contribution < -0.4 is 5.32 Å². The fourth-order valence-corrected chi connectivity index (χ4v) is 2.52. The molecule has 0 bridgehead atoms. The van der Waals surface area contributed by atoms with Crippen molar-refractivity contribution in [3.63, 3.8) is 0 Å². The maximum atomic E-state index is 12.0. The molecule has 1 aromatic heterocycles. The first-order chi connectivity index (χ1) is 10.2. The molecule has 1 amide bonds. The lowest BCUT2D eigenvalue weighted by Crippen LogP contribution is -2.27. The molecule has 6 nitrogen and oxygen atoms in total. The van der Waals surface area contributed by atoms with E-state index >= 15 is 0 Å². The molecule has 0 saturated carbocycles. The maximum absolute atomic E-state index is 12.0. The quantitative estimate of drug-likeness (QED) is 0.891. The number of nitrogens with zero attached hydrogens (tertiary/aromatic N) is 1. The second-order valence-corrected chi connectivity index (χ2v) is 4.90. The van der Waals surface area contributed by atoms with Gasteiger partial charge in [0, 0.05) is 17.7 Å². The van der Waals surface area contributed by atoms with E-state index in [0.717, 1.165) is 17.5 Å². The lowest BCUT2D eigenvalue weighted by atomic mass is 9.89. The Bertz CT molecular complexity index is 705. The third kappa shape index (κ3) is 2.52. The average Bonchev–Trinajstić information content (AvgIpc) is 2.91. The van der Waals surface area contributed by atoms with E-state index in [-0.39, 0.29) is 24.6 Å². The van der Waals surface area contributed by atoms with E-state index in [9.17, 15) is 9.59 Å². The standard InChI is InChI=1S/C15H14N2O4/c18-12(19)7-8-16-15(20)13-11-6-5-9-3-1-2-4-10(9)14(11)21-17-13/h1-4H,5-8H2,(H,16,20)(H,18,19). The smallest absolute Gasteiger partial charge is 0.305 e. The number of carbonyl (C=O) groups is 2. The van der Waals surface area contributed by atoms with Crippen LogP contribution in [0.15, 0.2) is 28.8 Å². The van der Waals surface area contributed by atoms with Gasteiger partial charge >= 0.3 is 5.97 Å². The third-order valence-electron chi connectivity index (χ3n) is 3.53. The van der Waals surface area contributed by atoms with Gasteiger partial charge < -0.3 is 14.9 Å². The van der Waals surface area contributed by atoms with Crippen molar-refractivity contribution in [3.05, 3.63) is 41.1 Å². The van der Waals surface area contributed by atoms with Crippen molar-refractivity contribution in [1.29, 1.82) is 0 Å². The number of hydrogen-bond acceptors (Lipinski definition) is 4. The van der Waals surface area contributed by atoms with Crippen molar-refractivity contribution in [2.45, 2.75) is 19.3 Å². The largest absolute Gasteiger partial charge is 0.481 e. The van der Waals surface area contributed by atoms with Gasteiger partial charge in [0.2, 0.25) is 0 Å². The lowest BCUT2D eigenvalue weighted by molar-refractivity contribution is -0.136. The Morgan fingerprint density at radius 2 is 2.10 bits per heavy atom. The molecule has 0 aliphatic heterocycles. The molecule has 0 unspecified atom stereocenters. The number of amides is 1. The van der Waals surface area contributed by atoms with Gasteiger partial charge in [-0.05, 0) is 18.4 Å². The number of rotatable bonds is 4. The summed E-state index contributed by atoms with van der Waals surface area (Å²) in [5, 5.41) is 15.0. The van der Waals surface area contributed by atoms with Gasteiger partial charge in [0.05, 0.1) is 6.42 Å². The van der Waals surface area contributed by atoms with Crippen molar-refractivity contribution in [2.75, 3.05) is 6.54 Å². The zero-order valence-electron chi connectivity index (χ0n) is 11.3. The predicted molar refractivity (Wildman–Crippen MR) is 73.9 cm³/mol. The number of benzene rings is 1. The van der Waals surface area contributed by atoms with E-state index in [4.69, 9.17) is 9.63 Å². The number of hydrogen-bond donors (Lipinski definition) is 2. The molecule has 0 fully saturated rings. The van der Waals surface area contributed by atoms with E-state index in [2.05, 4.69) is 10.5 Å². The van der Waals surface area contributed by atoms with E-state index in [1.54, 1.807) is 0 Å². The fraction of sp³-hybridized carbons (Fsp3) is 0.267. The molecule has 0 spiro atoms. The van der Waals surface area contributed by atoms with Crippen molar-refractivity contribution in [1.82, 2.24) is 10.5 Å². The zero-order chi connectivity index (χ0) is 14.8. The molecule has 3 rings (SSSR count). The molecule has 1 aromatic carbocycles. The summed E-state index contributed by atoms with van der Waals surface area (Å²) in [6.07, 6.45) is 1.41. The Morgan fingerprint density at radius 3 is 2.90 bits per heavy atom. The molecule has 21 heavy (non-hydrogen) atoms. The first kappa shape index (κ1) is 13.4. The van der Waals surface area contributed by atoms with Crippen molar-refractivity contribution in [3.8, 4) is 11.3 Å². The van der Waals surface area contributed by atoms with Crippen LogP contribution in [0, 0.1) is 0 Å². The van der Waals surface area contributed by atoms with E-state index in [0.29, 0.717) is 12.2 Å². The fourth-order valence-electron chi connectivity index (χ4n) is 2.52. The summed E-state index contributed by atoms with van der Waals surface area (Å²) >= 11 is 0. The Morgan fingerprint density at radius 1 is 1.29 bits per heavy atom. The van der Waals surface area contributed by atoms with Crippen LogP contribution in [0.1, 0.15) is 28.0 Å². The van der Waals surface area contributed by atoms with Crippen LogP contribution >= 0.6 is 0 Å². The van der Waals surface area contributed by atoms with Crippen LogP contribution in [0.2, 0.25) is 0 Å². The number of fused-ring (bicyclic) bond motifs is 3. The molecule has 0 atom stereocenters. The Balaban J connectivity index is 1.83. The highest BCUT2D eigenvalue weighted by molar-refractivity contribution is 5.95. The number of carboxylic acid groups (broad SMARTS) is 1. The summed E-state index contributed by atoms with van der Waals surface area (Å²) in [5.41, 5.74) is 3.20. The highest BCUT2D eigenvalue weighted by Gasteiger charge is 2.27. The highest BCUT2D eigenvalue weighted by Crippen LogP contribution is 2.34. The SMILES string of the molecule is O=C(O)CCNC(=O)c1noc2c1CCc1ccccc1-2. The molecule has 6 heteroatoms. The van der Waals surface area contributed by atoms with Gasteiger partial charge in [0.15, 0.2) is 11.5 Å². The zero-order valence-corrected chi connectivity index (χ0v) is 11.3. The maximum Gasteiger partial charge on any atom is 0.305 e. The minimum absolute atomic E-state index is 0.0758. The first-order valence-electron chi connectivity index (χ1n) is 6.73. The number of aromatic nitrogens is 1. The summed E-state index contributed by atoms with van der Waals surface area (Å²) in [6, 6.07) is 7.88. The Kier molecular flexibility index (Phi) is 3.43. The Labute approximate surface area is 120 Å². The van der Waals surface area contributed by atoms with Crippen LogP contribution in [0.3, 0.4) is 0 Å². The summed E-state index contributed by atoms with van der Waals surface area (Å²) < 4.78 is 5.33. The minimum Gasteiger partial charge on any atom is -0.481 e. The summed E-state index contributed by atoms with van der Waals surface area (Å²) in [5.74, 6) is -0.702. The van der Waals surface area contributed by atoms with Gasteiger partial charge in [0.1, 0.15) is 0 Å². The number of carbonyl (C=O) groups excluding carboxylic acids is 1. The number of carboxylic acids is 1. The second-order valence-electron chi connectivity index (χ2n) is 4.90. The first-order valence-corrected chi connectivity index (χ1v) is 6.73. The van der Waals surface area contributed by atoms with Crippen molar-refractivity contribution in [2.24, 2.45) is 0 Å². The van der Waals surface area contributed by atoms with Gasteiger partial charge in [-0.1, -0.05) is 29.4 Å². The molecular formula is C15H14N2O4. The predicted octanol–water partition coefficient (Wildman–Crippen LogP) is 1.64. The summed E-state index contributed by atoms with van der Waals surface area (Å²) in [7, 11) is 0. The van der Waals surface area contributed by atoms with Gasteiger partial charge in [-0.25, -0.2) is 0 Å². The molecule has 2 N–H and O–H groups in total. The summed E-state index contributed by atoms with van der Waals surface area (Å²) in [6.45, 7) is 0.0758. The molecule has 1 aliphatic carbocycles. The summed E-state index contributed by atoms with van der Waals surface area (Å²) in [4.78, 5) is 22.5. The second kappa shape index (κ2) is 5.40. The van der Waals surface area contributed by atoms with Crippen LogP contribution in [-0.2, 0) is 17.6 Å². The molecule has 0 radical (unpaired) electrons. The minimum atomic E-state index is -0.952. The van der Waals surface area contributed by atoms with Crippen LogP contribution in [0.25, 0.3) is 11.3 Å². The normalized spacial score (nSPS) is 12.4. The molecule has 108 valence electrons. The highest BCUT2D eigenvalue weighted by atomic mass is 16.5. The van der Waals surface area contributed by atoms with E-state index < -0.39 is 5.97 Å². The van der Waals surface area contributed by atoms with Crippen LogP contribution in [0.4, 0.5) is 0 Å². The average molecular weight is 286 g/mol. The van der Waals surface area contributed by atoms with E-state index in [1.807, 2.05) is 24.3 Å². The van der Waals surface area contributed by atoms with Gasteiger partial charge in [-0.15, -0.1) is 0 Å². The third-order valence-corrected chi connectivity index (χ3v) is 3.53. The van der Waals surface area contributed by atoms with Gasteiger partial charge in [0.25, 0.3) is 5.91 Å². The van der Waals surface area contributed by atoms with Gasteiger partial charge in [-0.3, -0.25) is 9.59 Å².